The summed E-state index contributed by atoms with van der Waals surface area (Å²) >= 11 is 0. The van der Waals surface area contributed by atoms with E-state index in [9.17, 15) is 0 Å². The van der Waals surface area contributed by atoms with Gasteiger partial charge >= 0.3 is 0 Å². The van der Waals surface area contributed by atoms with Crippen molar-refractivity contribution in [1.29, 1.82) is 0 Å². The van der Waals surface area contributed by atoms with Gasteiger partial charge in [-0.05, 0) is 19.9 Å². The molecule has 0 unspecified atom stereocenters. The minimum Gasteiger partial charge on any atom is -1.00 e. The number of fused-ring (bicyclic) bond motifs is 1. The van der Waals surface area contributed by atoms with E-state index < -0.39 is 0 Å². The summed E-state index contributed by atoms with van der Waals surface area (Å²) < 4.78 is 2.22. The van der Waals surface area contributed by atoms with Crippen molar-refractivity contribution >= 4 is 11.4 Å². The zero-order valence-electron chi connectivity index (χ0n) is 9.42. The molecule has 0 fully saturated rings. The maximum absolute atomic E-state index is 3.89. The second kappa shape index (κ2) is 4.08. The first-order valence-corrected chi connectivity index (χ1v) is 4.92. The highest BCUT2D eigenvalue weighted by Crippen LogP contribution is 2.38. The first-order valence-electron chi connectivity index (χ1n) is 4.92. The number of hydrogen-bond donors (Lipinski definition) is 0. The van der Waals surface area contributed by atoms with E-state index in [1.165, 1.54) is 17.0 Å². The molecule has 1 nitrogen and oxygen atoms in total. The Bertz CT molecular complexity index is 430. The van der Waals surface area contributed by atoms with Crippen LogP contribution in [0.3, 0.4) is 0 Å². The van der Waals surface area contributed by atoms with Crippen molar-refractivity contribution in [2.45, 2.75) is 19.3 Å². The third-order valence-electron chi connectivity index (χ3n) is 3.13. The summed E-state index contributed by atoms with van der Waals surface area (Å²) in [7, 11) is 2.10. The third-order valence-corrected chi connectivity index (χ3v) is 3.13. The second-order valence-electron chi connectivity index (χ2n) is 4.29. The Morgan fingerprint density at radius 1 is 1.27 bits per heavy atom. The van der Waals surface area contributed by atoms with Gasteiger partial charge in [0.1, 0.15) is 7.05 Å². The number of allylic oxidation sites excluding steroid dienone is 1. The molecule has 0 saturated carbocycles. The Kier molecular flexibility index (Phi) is 3.38. The molecule has 0 amide bonds. The predicted molar refractivity (Wildman–Crippen MR) is 60.5 cm³/mol. The standard InChI is InChI=1S/C13H16N.HI/c1-5-12-13(2,3)10-8-6-7-9-11(10)14(12)4;/h5-9H,1H2,2-4H3;1H/q+1;/p-1. The van der Waals surface area contributed by atoms with Gasteiger partial charge in [-0.1, -0.05) is 24.8 Å². The van der Waals surface area contributed by atoms with E-state index in [0.29, 0.717) is 0 Å². The minimum absolute atomic E-state index is 0. The first-order chi connectivity index (χ1) is 6.59. The molecule has 1 aliphatic heterocycles. The van der Waals surface area contributed by atoms with E-state index >= 15 is 0 Å². The van der Waals surface area contributed by atoms with E-state index in [4.69, 9.17) is 0 Å². The topological polar surface area (TPSA) is 3.01 Å². The molecule has 1 aliphatic rings. The van der Waals surface area contributed by atoms with Crippen LogP contribution in [0.2, 0.25) is 0 Å². The maximum atomic E-state index is 3.89. The van der Waals surface area contributed by atoms with Crippen LogP contribution in [-0.2, 0) is 5.41 Å². The van der Waals surface area contributed by atoms with Crippen LogP contribution >= 0.6 is 0 Å². The van der Waals surface area contributed by atoms with Crippen molar-refractivity contribution in [3.63, 3.8) is 0 Å². The van der Waals surface area contributed by atoms with Gasteiger partial charge in [-0.3, -0.25) is 0 Å². The van der Waals surface area contributed by atoms with Gasteiger partial charge in [0, 0.05) is 11.6 Å². The average molecular weight is 313 g/mol. The Balaban J connectivity index is 0.00000112. The predicted octanol–water partition coefficient (Wildman–Crippen LogP) is -0.117. The quantitative estimate of drug-likeness (QED) is 0.502. The Labute approximate surface area is 109 Å². The highest BCUT2D eigenvalue weighted by Gasteiger charge is 2.42. The number of benzene rings is 1. The van der Waals surface area contributed by atoms with Crippen LogP contribution in [0.4, 0.5) is 5.69 Å². The number of nitrogens with zero attached hydrogens (tertiary/aromatic N) is 1. The Morgan fingerprint density at radius 3 is 2.40 bits per heavy atom. The summed E-state index contributed by atoms with van der Waals surface area (Å²) in [4.78, 5) is 0. The summed E-state index contributed by atoms with van der Waals surface area (Å²) in [6.07, 6.45) is 1.96. The third kappa shape index (κ3) is 1.65. The van der Waals surface area contributed by atoms with Gasteiger partial charge in [0.15, 0.2) is 5.71 Å². The monoisotopic (exact) mass is 313 g/mol. The SMILES string of the molecule is C=CC1=[N+](C)c2ccccc2C1(C)C.[I-]. The molecule has 2 heteroatoms. The summed E-state index contributed by atoms with van der Waals surface area (Å²) in [5.74, 6) is 0. The van der Waals surface area contributed by atoms with Crippen LogP contribution in [0.25, 0.3) is 0 Å². The molecule has 1 aromatic carbocycles. The highest BCUT2D eigenvalue weighted by molar-refractivity contribution is 6.02. The molecular weight excluding hydrogens is 297 g/mol. The molecule has 0 saturated heterocycles. The van der Waals surface area contributed by atoms with Gasteiger partial charge in [0.2, 0.25) is 5.69 Å². The summed E-state index contributed by atoms with van der Waals surface area (Å²) in [6, 6.07) is 8.54. The van der Waals surface area contributed by atoms with Crippen LogP contribution in [0.15, 0.2) is 36.9 Å². The van der Waals surface area contributed by atoms with Crippen molar-refractivity contribution in [1.82, 2.24) is 0 Å². The van der Waals surface area contributed by atoms with Gasteiger partial charge in [0.25, 0.3) is 0 Å². The van der Waals surface area contributed by atoms with Crippen molar-refractivity contribution in [3.8, 4) is 0 Å². The molecule has 0 aliphatic carbocycles. The molecule has 0 radical (unpaired) electrons. The molecule has 0 bridgehead atoms. The van der Waals surface area contributed by atoms with Crippen LogP contribution < -0.4 is 24.0 Å². The molecule has 15 heavy (non-hydrogen) atoms. The lowest BCUT2D eigenvalue weighted by molar-refractivity contribution is -0.401. The normalized spacial score (nSPS) is 17.0. The maximum Gasteiger partial charge on any atom is 0.209 e. The van der Waals surface area contributed by atoms with Gasteiger partial charge in [-0.15, -0.1) is 0 Å². The van der Waals surface area contributed by atoms with Crippen LogP contribution in [-0.4, -0.2) is 17.3 Å². The summed E-state index contributed by atoms with van der Waals surface area (Å²) in [5, 5.41) is 0. The van der Waals surface area contributed by atoms with Crippen LogP contribution in [0, 0.1) is 0 Å². The van der Waals surface area contributed by atoms with E-state index in [2.05, 4.69) is 56.3 Å². The fourth-order valence-corrected chi connectivity index (χ4v) is 2.37. The smallest absolute Gasteiger partial charge is 0.209 e. The zero-order chi connectivity index (χ0) is 10.3. The van der Waals surface area contributed by atoms with Gasteiger partial charge in [-0.25, -0.2) is 0 Å². The molecule has 0 aromatic heterocycles. The molecule has 80 valence electrons. The fourth-order valence-electron chi connectivity index (χ4n) is 2.37. The van der Waals surface area contributed by atoms with E-state index in [0.717, 1.165) is 0 Å². The molecule has 0 N–H and O–H groups in total. The van der Waals surface area contributed by atoms with Crippen molar-refractivity contribution in [2.75, 3.05) is 7.05 Å². The van der Waals surface area contributed by atoms with E-state index in [1.807, 2.05) is 6.08 Å². The zero-order valence-corrected chi connectivity index (χ0v) is 11.6. The second-order valence-corrected chi connectivity index (χ2v) is 4.29. The molecule has 0 atom stereocenters. The number of para-hydroxylation sites is 1. The van der Waals surface area contributed by atoms with Crippen LogP contribution in [0.5, 0.6) is 0 Å². The minimum atomic E-state index is 0. The highest BCUT2D eigenvalue weighted by atomic mass is 127. The number of rotatable bonds is 1. The Morgan fingerprint density at radius 2 is 1.87 bits per heavy atom. The molecule has 2 rings (SSSR count). The Hall–Kier alpha value is -0.640. The number of hydrogen-bond acceptors (Lipinski definition) is 0. The van der Waals surface area contributed by atoms with Gasteiger partial charge in [0.05, 0.1) is 5.41 Å². The van der Waals surface area contributed by atoms with E-state index in [1.54, 1.807) is 0 Å². The van der Waals surface area contributed by atoms with Gasteiger partial charge < -0.3 is 24.0 Å². The fraction of sp³-hybridized carbons (Fsp3) is 0.308. The van der Waals surface area contributed by atoms with E-state index in [-0.39, 0.29) is 29.4 Å². The summed E-state index contributed by atoms with van der Waals surface area (Å²) in [6.45, 7) is 8.38. The molecule has 0 spiro atoms. The lowest BCUT2D eigenvalue weighted by Crippen LogP contribution is -3.00. The number of halogens is 1. The molecule has 1 aromatic rings. The summed E-state index contributed by atoms with van der Waals surface area (Å²) in [5.41, 5.74) is 4.05. The van der Waals surface area contributed by atoms with Crippen molar-refractivity contribution in [3.05, 3.63) is 42.5 Å². The van der Waals surface area contributed by atoms with Crippen LogP contribution in [0.1, 0.15) is 19.4 Å². The molecule has 1 heterocycles. The van der Waals surface area contributed by atoms with Crippen molar-refractivity contribution in [2.24, 2.45) is 0 Å². The molecular formula is C13H16IN. The first kappa shape index (κ1) is 12.4. The van der Waals surface area contributed by atoms with Crippen molar-refractivity contribution < 1.29 is 28.6 Å². The lowest BCUT2D eigenvalue weighted by Gasteiger charge is -2.14. The van der Waals surface area contributed by atoms with Gasteiger partial charge in [-0.2, -0.15) is 4.58 Å². The largest absolute Gasteiger partial charge is 1.00 e. The average Bonchev–Trinajstić information content (AvgIpc) is 2.36. The lowest BCUT2D eigenvalue weighted by atomic mass is 9.82.